The fourth-order valence-corrected chi connectivity index (χ4v) is 1.70. The summed E-state index contributed by atoms with van der Waals surface area (Å²) >= 11 is 0. The summed E-state index contributed by atoms with van der Waals surface area (Å²) in [4.78, 5) is 0. The van der Waals surface area contributed by atoms with Crippen LogP contribution in [0, 0.1) is 5.82 Å². The van der Waals surface area contributed by atoms with Crippen LogP contribution in [-0.4, -0.2) is 12.2 Å². The van der Waals surface area contributed by atoms with Crippen LogP contribution in [0.3, 0.4) is 0 Å². The lowest BCUT2D eigenvalue weighted by molar-refractivity contribution is 0.281. The molecule has 0 aromatic heterocycles. The number of ether oxygens (including phenoxy) is 1. The molecule has 0 aliphatic carbocycles. The Balaban J connectivity index is 2.47. The van der Waals surface area contributed by atoms with E-state index in [-0.39, 0.29) is 12.4 Å². The largest absolute Gasteiger partial charge is 0.496 e. The van der Waals surface area contributed by atoms with E-state index in [9.17, 15) is 4.39 Å². The molecule has 1 N–H and O–H groups in total. The molecule has 0 spiro atoms. The number of hydrogen-bond donors (Lipinski definition) is 1. The number of hydrogen-bond acceptors (Lipinski definition) is 2. The zero-order valence-electron chi connectivity index (χ0n) is 9.48. The lowest BCUT2D eigenvalue weighted by Crippen LogP contribution is -1.91. The van der Waals surface area contributed by atoms with Crippen molar-refractivity contribution in [2.45, 2.75) is 6.61 Å². The average Bonchev–Trinajstić information content (AvgIpc) is 2.39. The van der Waals surface area contributed by atoms with Gasteiger partial charge in [-0.1, -0.05) is 24.3 Å². The standard InChI is InChI=1S/C14H13FO2/c1-17-14-8-10(9-16)2-7-13(14)11-3-5-12(15)6-4-11/h2-8,16H,9H2,1H3. The van der Waals surface area contributed by atoms with Crippen LogP contribution in [0.2, 0.25) is 0 Å². The summed E-state index contributed by atoms with van der Waals surface area (Å²) in [6.45, 7) is -0.0277. The van der Waals surface area contributed by atoms with Gasteiger partial charge in [0.25, 0.3) is 0 Å². The van der Waals surface area contributed by atoms with Crippen molar-refractivity contribution in [1.82, 2.24) is 0 Å². The summed E-state index contributed by atoms with van der Waals surface area (Å²) in [5.41, 5.74) is 2.55. The monoisotopic (exact) mass is 232 g/mol. The third-order valence-corrected chi connectivity index (χ3v) is 2.60. The van der Waals surface area contributed by atoms with Crippen LogP contribution in [-0.2, 0) is 6.61 Å². The Kier molecular flexibility index (Phi) is 3.40. The van der Waals surface area contributed by atoms with Crippen LogP contribution in [0.1, 0.15) is 5.56 Å². The van der Waals surface area contributed by atoms with E-state index in [0.29, 0.717) is 5.75 Å². The smallest absolute Gasteiger partial charge is 0.127 e. The molecule has 3 heteroatoms. The second-order valence-electron chi connectivity index (χ2n) is 3.70. The molecular formula is C14H13FO2. The van der Waals surface area contributed by atoms with E-state index >= 15 is 0 Å². The Morgan fingerprint density at radius 3 is 2.41 bits per heavy atom. The molecule has 17 heavy (non-hydrogen) atoms. The van der Waals surface area contributed by atoms with Gasteiger partial charge in [-0.3, -0.25) is 0 Å². The highest BCUT2D eigenvalue weighted by Crippen LogP contribution is 2.30. The molecule has 2 rings (SSSR count). The SMILES string of the molecule is COc1cc(CO)ccc1-c1ccc(F)cc1. The number of aliphatic hydroxyl groups excluding tert-OH is 1. The fourth-order valence-electron chi connectivity index (χ4n) is 1.70. The lowest BCUT2D eigenvalue weighted by Gasteiger charge is -2.10. The Bertz CT molecular complexity index is 506. The first kappa shape index (κ1) is 11.6. The van der Waals surface area contributed by atoms with Gasteiger partial charge in [-0.2, -0.15) is 0 Å². The topological polar surface area (TPSA) is 29.5 Å². The first-order valence-electron chi connectivity index (χ1n) is 5.28. The van der Waals surface area contributed by atoms with Gasteiger partial charge in [0.05, 0.1) is 13.7 Å². The first-order chi connectivity index (χ1) is 8.24. The van der Waals surface area contributed by atoms with Gasteiger partial charge in [0.15, 0.2) is 0 Å². The van der Waals surface area contributed by atoms with Crippen molar-refractivity contribution in [2.75, 3.05) is 7.11 Å². The molecule has 0 radical (unpaired) electrons. The zero-order chi connectivity index (χ0) is 12.3. The van der Waals surface area contributed by atoms with Gasteiger partial charge in [-0.05, 0) is 29.3 Å². The van der Waals surface area contributed by atoms with Crippen molar-refractivity contribution in [3.05, 3.63) is 53.8 Å². The maximum absolute atomic E-state index is 12.8. The summed E-state index contributed by atoms with van der Waals surface area (Å²) in [6, 6.07) is 11.7. The van der Waals surface area contributed by atoms with Crippen molar-refractivity contribution in [3.8, 4) is 16.9 Å². The highest BCUT2D eigenvalue weighted by Gasteiger charge is 2.06. The molecule has 0 aliphatic heterocycles. The number of aliphatic hydroxyl groups is 1. The van der Waals surface area contributed by atoms with Crippen molar-refractivity contribution in [3.63, 3.8) is 0 Å². The molecule has 0 amide bonds. The van der Waals surface area contributed by atoms with Gasteiger partial charge in [-0.25, -0.2) is 4.39 Å². The Morgan fingerprint density at radius 1 is 1.12 bits per heavy atom. The fraction of sp³-hybridized carbons (Fsp3) is 0.143. The van der Waals surface area contributed by atoms with Crippen molar-refractivity contribution in [1.29, 1.82) is 0 Å². The van der Waals surface area contributed by atoms with Crippen LogP contribution < -0.4 is 4.74 Å². The van der Waals surface area contributed by atoms with E-state index in [0.717, 1.165) is 16.7 Å². The van der Waals surface area contributed by atoms with Gasteiger partial charge < -0.3 is 9.84 Å². The van der Waals surface area contributed by atoms with Crippen LogP contribution in [0.15, 0.2) is 42.5 Å². The third kappa shape index (κ3) is 2.45. The van der Waals surface area contributed by atoms with Crippen molar-refractivity contribution in [2.24, 2.45) is 0 Å². The molecule has 2 nitrogen and oxygen atoms in total. The molecule has 0 saturated carbocycles. The second kappa shape index (κ2) is 4.97. The van der Waals surface area contributed by atoms with Crippen LogP contribution in [0.4, 0.5) is 4.39 Å². The quantitative estimate of drug-likeness (QED) is 0.881. The van der Waals surface area contributed by atoms with Gasteiger partial charge in [0.1, 0.15) is 11.6 Å². The lowest BCUT2D eigenvalue weighted by atomic mass is 10.0. The van der Waals surface area contributed by atoms with E-state index < -0.39 is 0 Å². The number of methoxy groups -OCH3 is 1. The normalized spacial score (nSPS) is 10.3. The summed E-state index contributed by atoms with van der Waals surface area (Å²) in [5.74, 6) is 0.405. The van der Waals surface area contributed by atoms with Crippen LogP contribution in [0.5, 0.6) is 5.75 Å². The van der Waals surface area contributed by atoms with Gasteiger partial charge in [0, 0.05) is 5.56 Å². The molecular weight excluding hydrogens is 219 g/mol. The molecule has 0 atom stereocenters. The molecule has 88 valence electrons. The van der Waals surface area contributed by atoms with E-state index in [1.54, 1.807) is 25.3 Å². The van der Waals surface area contributed by atoms with Gasteiger partial charge in [0.2, 0.25) is 0 Å². The number of rotatable bonds is 3. The summed E-state index contributed by atoms with van der Waals surface area (Å²) < 4.78 is 18.1. The second-order valence-corrected chi connectivity index (χ2v) is 3.70. The molecule has 0 fully saturated rings. The molecule has 0 aliphatic rings. The Morgan fingerprint density at radius 2 is 1.82 bits per heavy atom. The predicted octanol–water partition coefficient (Wildman–Crippen LogP) is 2.99. The molecule has 2 aromatic rings. The molecule has 0 bridgehead atoms. The number of benzene rings is 2. The first-order valence-corrected chi connectivity index (χ1v) is 5.28. The average molecular weight is 232 g/mol. The summed E-state index contributed by atoms with van der Waals surface area (Å²) in [6.07, 6.45) is 0. The molecule has 2 aromatic carbocycles. The van der Waals surface area contributed by atoms with E-state index in [1.807, 2.05) is 12.1 Å². The van der Waals surface area contributed by atoms with E-state index in [1.165, 1.54) is 12.1 Å². The Hall–Kier alpha value is -1.87. The highest BCUT2D eigenvalue weighted by molar-refractivity contribution is 5.70. The van der Waals surface area contributed by atoms with Crippen LogP contribution in [0.25, 0.3) is 11.1 Å². The third-order valence-electron chi connectivity index (χ3n) is 2.60. The minimum Gasteiger partial charge on any atom is -0.496 e. The van der Waals surface area contributed by atoms with E-state index in [2.05, 4.69) is 0 Å². The predicted molar refractivity (Wildman–Crippen MR) is 64.3 cm³/mol. The molecule has 0 heterocycles. The minimum absolute atomic E-state index is 0.0277. The molecule has 0 saturated heterocycles. The maximum atomic E-state index is 12.8. The van der Waals surface area contributed by atoms with E-state index in [4.69, 9.17) is 9.84 Å². The molecule has 0 unspecified atom stereocenters. The minimum atomic E-state index is -0.264. The van der Waals surface area contributed by atoms with Crippen LogP contribution >= 0.6 is 0 Å². The highest BCUT2D eigenvalue weighted by atomic mass is 19.1. The van der Waals surface area contributed by atoms with Gasteiger partial charge in [-0.15, -0.1) is 0 Å². The maximum Gasteiger partial charge on any atom is 0.127 e. The summed E-state index contributed by atoms with van der Waals surface area (Å²) in [7, 11) is 1.57. The van der Waals surface area contributed by atoms with Crippen molar-refractivity contribution >= 4 is 0 Å². The van der Waals surface area contributed by atoms with Gasteiger partial charge >= 0.3 is 0 Å². The summed E-state index contributed by atoms with van der Waals surface area (Å²) in [5, 5.41) is 9.05. The van der Waals surface area contributed by atoms with Crippen molar-refractivity contribution < 1.29 is 14.2 Å². The zero-order valence-corrected chi connectivity index (χ0v) is 9.48. The Labute approximate surface area is 99.3 Å². The number of halogens is 1.